The van der Waals surface area contributed by atoms with Crippen LogP contribution in [0.5, 0.6) is 0 Å². The number of rotatable bonds is 5. The Morgan fingerprint density at radius 3 is 1.86 bits per heavy atom. The molecule has 0 spiro atoms. The SMILES string of the molecule is [B]CCCC(c1ccccc1)c1ccccc1.c1c[nH]cn1. The minimum absolute atomic E-state index is 0.473. The predicted octanol–water partition coefficient (Wildman–Crippen LogP) is 4.60. The molecule has 0 fully saturated rings. The van der Waals surface area contributed by atoms with E-state index in [1.807, 2.05) is 0 Å². The van der Waals surface area contributed by atoms with Gasteiger partial charge in [-0.1, -0.05) is 73.4 Å². The fourth-order valence-corrected chi connectivity index (χ4v) is 2.43. The van der Waals surface area contributed by atoms with Gasteiger partial charge in [0, 0.05) is 18.3 Å². The van der Waals surface area contributed by atoms with Gasteiger partial charge in [-0.2, -0.15) is 0 Å². The van der Waals surface area contributed by atoms with Gasteiger partial charge in [-0.3, -0.25) is 0 Å². The Morgan fingerprint density at radius 1 is 0.909 bits per heavy atom. The Morgan fingerprint density at radius 2 is 1.50 bits per heavy atom. The van der Waals surface area contributed by atoms with Gasteiger partial charge in [-0.25, -0.2) is 4.98 Å². The van der Waals surface area contributed by atoms with Crippen molar-refractivity contribution in [3.8, 4) is 0 Å². The van der Waals surface area contributed by atoms with Gasteiger partial charge in [0.15, 0.2) is 0 Å². The van der Waals surface area contributed by atoms with Gasteiger partial charge in [0.1, 0.15) is 0 Å². The van der Waals surface area contributed by atoms with Gasteiger partial charge in [0.25, 0.3) is 0 Å². The van der Waals surface area contributed by atoms with Crippen LogP contribution < -0.4 is 0 Å². The summed E-state index contributed by atoms with van der Waals surface area (Å²) in [6, 6.07) is 21.4. The number of nitrogens with zero attached hydrogens (tertiary/aromatic N) is 1. The molecule has 0 aliphatic rings. The van der Waals surface area contributed by atoms with E-state index in [2.05, 4.69) is 70.6 Å². The second kappa shape index (κ2) is 9.61. The molecule has 0 bridgehead atoms. The smallest absolute Gasteiger partial charge is 0.0919 e. The summed E-state index contributed by atoms with van der Waals surface area (Å²) in [5, 5.41) is 0. The maximum Gasteiger partial charge on any atom is 0.0919 e. The summed E-state index contributed by atoms with van der Waals surface area (Å²) in [4.78, 5) is 6.42. The Labute approximate surface area is 134 Å². The highest BCUT2D eigenvalue weighted by atomic mass is 14.8. The highest BCUT2D eigenvalue weighted by Gasteiger charge is 2.12. The van der Waals surface area contributed by atoms with E-state index in [-0.39, 0.29) is 0 Å². The molecule has 0 aliphatic carbocycles. The Hall–Kier alpha value is -2.29. The lowest BCUT2D eigenvalue weighted by molar-refractivity contribution is 0.698. The maximum atomic E-state index is 5.63. The number of aromatic amines is 1. The normalized spacial score (nSPS) is 10.0. The number of nitrogens with one attached hydrogen (secondary N) is 1. The van der Waals surface area contributed by atoms with Gasteiger partial charge in [0.2, 0.25) is 0 Å². The Bertz CT molecular complexity index is 537. The number of imidazole rings is 1. The standard InChI is InChI=1S/C16H17B.C3H4N2/c17-13-7-12-16(14-8-3-1-4-9-14)15-10-5-2-6-11-15;1-2-5-3-4-1/h1-6,8-11,16H,7,12-13H2;1-3H,(H,4,5). The molecule has 2 radical (unpaired) electrons. The Kier molecular flexibility index (Phi) is 7.03. The third-order valence-corrected chi connectivity index (χ3v) is 3.51. The van der Waals surface area contributed by atoms with Gasteiger partial charge in [-0.15, -0.1) is 0 Å². The first-order chi connectivity index (χ1) is 10.9. The highest BCUT2D eigenvalue weighted by molar-refractivity contribution is 6.08. The molecule has 3 heteroatoms. The van der Waals surface area contributed by atoms with Crippen LogP contribution in [0.15, 0.2) is 79.4 Å². The first kappa shape index (κ1) is 16.1. The molecule has 110 valence electrons. The van der Waals surface area contributed by atoms with Gasteiger partial charge < -0.3 is 4.98 Å². The third kappa shape index (κ3) is 5.25. The lowest BCUT2D eigenvalue weighted by atomic mass is 9.85. The zero-order valence-corrected chi connectivity index (χ0v) is 12.7. The summed E-state index contributed by atoms with van der Waals surface area (Å²) in [7, 11) is 5.63. The molecular formula is C19H21BN2. The molecule has 0 saturated carbocycles. The van der Waals surface area contributed by atoms with E-state index in [1.54, 1.807) is 18.7 Å². The van der Waals surface area contributed by atoms with Crippen molar-refractivity contribution >= 4 is 7.85 Å². The van der Waals surface area contributed by atoms with Crippen molar-refractivity contribution in [3.63, 3.8) is 0 Å². The number of aromatic nitrogens is 2. The molecule has 0 unspecified atom stereocenters. The quantitative estimate of drug-likeness (QED) is 0.683. The minimum Gasteiger partial charge on any atom is -0.351 e. The zero-order chi connectivity index (χ0) is 15.5. The van der Waals surface area contributed by atoms with Crippen LogP contribution in [0, 0.1) is 0 Å². The van der Waals surface area contributed by atoms with E-state index in [1.165, 1.54) is 11.1 Å². The average molecular weight is 288 g/mol. The van der Waals surface area contributed by atoms with Crippen LogP contribution >= 0.6 is 0 Å². The summed E-state index contributed by atoms with van der Waals surface area (Å²) in [5.74, 6) is 0.473. The number of hydrogen-bond donors (Lipinski definition) is 1. The largest absolute Gasteiger partial charge is 0.351 e. The monoisotopic (exact) mass is 288 g/mol. The van der Waals surface area contributed by atoms with E-state index in [4.69, 9.17) is 7.85 Å². The molecule has 0 atom stereocenters. The molecule has 2 aromatic carbocycles. The highest BCUT2D eigenvalue weighted by Crippen LogP contribution is 2.29. The fraction of sp³-hybridized carbons (Fsp3) is 0.211. The molecule has 2 nitrogen and oxygen atoms in total. The van der Waals surface area contributed by atoms with Crippen LogP contribution in [0.4, 0.5) is 0 Å². The van der Waals surface area contributed by atoms with Crippen LogP contribution in [-0.2, 0) is 0 Å². The third-order valence-electron chi connectivity index (χ3n) is 3.51. The fourth-order valence-electron chi connectivity index (χ4n) is 2.43. The van der Waals surface area contributed by atoms with E-state index < -0.39 is 0 Å². The van der Waals surface area contributed by atoms with Crippen molar-refractivity contribution < 1.29 is 0 Å². The minimum atomic E-state index is 0.473. The van der Waals surface area contributed by atoms with Crippen LogP contribution in [0.2, 0.25) is 6.32 Å². The molecule has 1 heterocycles. The van der Waals surface area contributed by atoms with Crippen LogP contribution in [-0.4, -0.2) is 17.8 Å². The number of H-pyrrole nitrogens is 1. The Balaban J connectivity index is 0.000000299. The van der Waals surface area contributed by atoms with Crippen LogP contribution in [0.3, 0.4) is 0 Å². The molecule has 3 rings (SSSR count). The summed E-state index contributed by atoms with van der Waals surface area (Å²) in [5.41, 5.74) is 2.76. The molecule has 0 amide bonds. The summed E-state index contributed by atoms with van der Waals surface area (Å²) in [6.07, 6.45) is 8.02. The van der Waals surface area contributed by atoms with Crippen molar-refractivity contribution in [3.05, 3.63) is 90.5 Å². The molecule has 0 aliphatic heterocycles. The van der Waals surface area contributed by atoms with E-state index >= 15 is 0 Å². The van der Waals surface area contributed by atoms with Crippen LogP contribution in [0.1, 0.15) is 29.9 Å². The van der Waals surface area contributed by atoms with Crippen molar-refractivity contribution in [2.75, 3.05) is 0 Å². The van der Waals surface area contributed by atoms with Crippen molar-refractivity contribution in [1.82, 2.24) is 9.97 Å². The van der Waals surface area contributed by atoms with Crippen molar-refractivity contribution in [2.45, 2.75) is 25.1 Å². The summed E-state index contributed by atoms with van der Waals surface area (Å²) in [6.45, 7) is 0. The summed E-state index contributed by atoms with van der Waals surface area (Å²) < 4.78 is 0. The van der Waals surface area contributed by atoms with Crippen molar-refractivity contribution in [1.29, 1.82) is 0 Å². The topological polar surface area (TPSA) is 28.7 Å². The lowest BCUT2D eigenvalue weighted by Gasteiger charge is -2.17. The molecule has 3 aromatic rings. The van der Waals surface area contributed by atoms with E-state index in [0.717, 1.165) is 19.2 Å². The van der Waals surface area contributed by atoms with E-state index in [9.17, 15) is 0 Å². The second-order valence-electron chi connectivity index (χ2n) is 5.07. The van der Waals surface area contributed by atoms with Gasteiger partial charge in [0.05, 0.1) is 14.2 Å². The molecule has 0 saturated heterocycles. The molecule has 1 N–H and O–H groups in total. The van der Waals surface area contributed by atoms with Crippen molar-refractivity contribution in [2.24, 2.45) is 0 Å². The maximum absolute atomic E-state index is 5.63. The molecule has 1 aromatic heterocycles. The molecule has 22 heavy (non-hydrogen) atoms. The van der Waals surface area contributed by atoms with Crippen LogP contribution in [0.25, 0.3) is 0 Å². The molecular weight excluding hydrogens is 267 g/mol. The predicted molar refractivity (Wildman–Crippen MR) is 93.1 cm³/mol. The first-order valence-electron chi connectivity index (χ1n) is 7.64. The zero-order valence-electron chi connectivity index (χ0n) is 12.7. The number of hydrogen-bond acceptors (Lipinski definition) is 1. The number of benzene rings is 2. The lowest BCUT2D eigenvalue weighted by Crippen LogP contribution is -2.00. The first-order valence-corrected chi connectivity index (χ1v) is 7.64. The second-order valence-corrected chi connectivity index (χ2v) is 5.07. The average Bonchev–Trinajstić information content (AvgIpc) is 3.17. The van der Waals surface area contributed by atoms with Gasteiger partial charge >= 0.3 is 0 Å². The van der Waals surface area contributed by atoms with Gasteiger partial charge in [-0.05, 0) is 17.5 Å². The summed E-state index contributed by atoms with van der Waals surface area (Å²) >= 11 is 0. The van der Waals surface area contributed by atoms with E-state index in [0.29, 0.717) is 5.92 Å².